The summed E-state index contributed by atoms with van der Waals surface area (Å²) in [4.78, 5) is 58.3. The number of hydrogen-bond donors (Lipinski definition) is 5. The van der Waals surface area contributed by atoms with E-state index in [1.165, 1.54) is 0 Å². The van der Waals surface area contributed by atoms with Gasteiger partial charge in [-0.2, -0.15) is 0 Å². The Bertz CT molecular complexity index is 1300. The zero-order chi connectivity index (χ0) is 27.7. The van der Waals surface area contributed by atoms with Crippen molar-refractivity contribution < 1.29 is 38.7 Å². The number of amides is 3. The van der Waals surface area contributed by atoms with E-state index in [0.29, 0.717) is 11.5 Å². The van der Waals surface area contributed by atoms with Crippen LogP contribution in [-0.4, -0.2) is 57.1 Å². The minimum absolute atomic E-state index is 0.116. The lowest BCUT2D eigenvalue weighted by Crippen LogP contribution is -2.54. The van der Waals surface area contributed by atoms with Crippen LogP contribution in [0, 0.1) is 0 Å². The van der Waals surface area contributed by atoms with Gasteiger partial charge in [0.1, 0.15) is 23.5 Å². The molecule has 1 aromatic heterocycles. The summed E-state index contributed by atoms with van der Waals surface area (Å²) < 4.78 is 5.31. The predicted octanol–water partition coefficient (Wildman–Crippen LogP) is 1.35. The van der Waals surface area contributed by atoms with Crippen LogP contribution in [0.4, 0.5) is 0 Å². The summed E-state index contributed by atoms with van der Waals surface area (Å²) >= 11 is 0. The van der Waals surface area contributed by atoms with Crippen LogP contribution in [-0.2, 0) is 30.4 Å². The molecule has 0 fully saturated rings. The average Bonchev–Trinajstić information content (AvgIpc) is 3.36. The third kappa shape index (κ3) is 8.01. The smallest absolute Gasteiger partial charge is 0.305 e. The van der Waals surface area contributed by atoms with E-state index in [1.54, 1.807) is 6.07 Å². The van der Waals surface area contributed by atoms with Crippen molar-refractivity contribution in [3.63, 3.8) is 0 Å². The molecule has 6 N–H and O–H groups in total. The largest absolute Gasteiger partial charge is 0.481 e. The predicted molar refractivity (Wildman–Crippen MR) is 133 cm³/mol. The van der Waals surface area contributed by atoms with E-state index < -0.39 is 54.6 Å². The second kappa shape index (κ2) is 12.8. The summed E-state index contributed by atoms with van der Waals surface area (Å²) in [6, 6.07) is 16.1. The fourth-order valence-corrected chi connectivity index (χ4v) is 3.59. The van der Waals surface area contributed by atoms with Gasteiger partial charge in [0, 0.05) is 24.5 Å². The van der Waals surface area contributed by atoms with Crippen LogP contribution in [0.5, 0.6) is 0 Å². The average molecular weight is 523 g/mol. The Hall–Kier alpha value is -5.00. The van der Waals surface area contributed by atoms with Crippen LogP contribution in [0.1, 0.15) is 25.0 Å². The molecule has 0 aliphatic carbocycles. The van der Waals surface area contributed by atoms with E-state index in [0.717, 1.165) is 16.7 Å². The van der Waals surface area contributed by atoms with E-state index >= 15 is 0 Å². The molecule has 198 valence electrons. The van der Waals surface area contributed by atoms with E-state index in [2.05, 4.69) is 15.8 Å². The number of aromatic nitrogens is 1. The lowest BCUT2D eigenvalue weighted by molar-refractivity contribution is -0.142. The van der Waals surface area contributed by atoms with Gasteiger partial charge >= 0.3 is 11.9 Å². The molecule has 0 saturated carbocycles. The number of nitrogens with zero attached hydrogens (tertiary/aromatic N) is 1. The highest BCUT2D eigenvalue weighted by atomic mass is 16.5. The fourth-order valence-electron chi connectivity index (χ4n) is 3.59. The van der Waals surface area contributed by atoms with E-state index in [9.17, 15) is 24.0 Å². The molecule has 0 aliphatic rings. The van der Waals surface area contributed by atoms with Crippen LogP contribution >= 0.6 is 0 Å². The molecule has 3 amide bonds. The molecule has 0 radical (unpaired) electrons. The third-order valence-electron chi connectivity index (χ3n) is 5.51. The number of primary amides is 1. The first-order valence-electron chi connectivity index (χ1n) is 11.6. The molecule has 0 unspecified atom stereocenters. The molecule has 3 aromatic rings. The highest BCUT2D eigenvalue weighted by molar-refractivity contribution is 5.94. The Morgan fingerprint density at radius 1 is 0.816 bits per heavy atom. The van der Waals surface area contributed by atoms with Crippen molar-refractivity contribution in [3.8, 4) is 22.4 Å². The van der Waals surface area contributed by atoms with Gasteiger partial charge in [-0.25, -0.2) is 0 Å². The first-order valence-corrected chi connectivity index (χ1v) is 11.6. The topological polar surface area (TPSA) is 202 Å². The van der Waals surface area contributed by atoms with Gasteiger partial charge in [0.25, 0.3) is 0 Å². The Morgan fingerprint density at radius 3 is 2.00 bits per heavy atom. The fraction of sp³-hybridized carbons (Fsp3) is 0.231. The molecule has 0 bridgehead atoms. The zero-order valence-electron chi connectivity index (χ0n) is 20.1. The van der Waals surface area contributed by atoms with Crippen molar-refractivity contribution >= 4 is 29.7 Å². The number of carboxylic acid groups (broad SMARTS) is 2. The molecule has 38 heavy (non-hydrogen) atoms. The van der Waals surface area contributed by atoms with Gasteiger partial charge in [-0.1, -0.05) is 59.8 Å². The van der Waals surface area contributed by atoms with Gasteiger partial charge in [0.15, 0.2) is 0 Å². The summed E-state index contributed by atoms with van der Waals surface area (Å²) in [6.45, 7) is 0. The summed E-state index contributed by atoms with van der Waals surface area (Å²) in [6.07, 6.45) is -1.62. The van der Waals surface area contributed by atoms with E-state index in [4.69, 9.17) is 20.5 Å². The number of hydrogen-bond acceptors (Lipinski definition) is 7. The monoisotopic (exact) mass is 522 g/mol. The van der Waals surface area contributed by atoms with Crippen molar-refractivity contribution in [1.29, 1.82) is 0 Å². The number of rotatable bonds is 13. The Kier molecular flexibility index (Phi) is 9.30. The number of carboxylic acids is 2. The van der Waals surface area contributed by atoms with Crippen molar-refractivity contribution in [2.75, 3.05) is 0 Å². The third-order valence-corrected chi connectivity index (χ3v) is 5.51. The molecule has 0 spiro atoms. The van der Waals surface area contributed by atoms with E-state index in [-0.39, 0.29) is 12.8 Å². The molecule has 0 saturated heterocycles. The first-order chi connectivity index (χ1) is 18.1. The van der Waals surface area contributed by atoms with Gasteiger partial charge in [0.05, 0.1) is 12.8 Å². The van der Waals surface area contributed by atoms with Gasteiger partial charge in [-0.15, -0.1) is 0 Å². The first kappa shape index (κ1) is 27.6. The maximum atomic E-state index is 12.4. The number of carbonyl (C=O) groups excluding carboxylic acids is 3. The lowest BCUT2D eigenvalue weighted by atomic mass is 10.0. The van der Waals surface area contributed by atoms with Crippen molar-refractivity contribution in [1.82, 2.24) is 15.8 Å². The normalized spacial score (nSPS) is 12.2. The van der Waals surface area contributed by atoms with Crippen molar-refractivity contribution in [2.45, 2.75) is 37.8 Å². The quantitative estimate of drug-likeness (QED) is 0.219. The summed E-state index contributed by atoms with van der Waals surface area (Å²) in [7, 11) is 0. The maximum Gasteiger partial charge on any atom is 0.305 e. The zero-order valence-corrected chi connectivity index (χ0v) is 20.1. The Labute approximate surface area is 216 Å². The molecule has 12 heteroatoms. The number of nitrogens with one attached hydrogen (secondary N) is 2. The van der Waals surface area contributed by atoms with Gasteiger partial charge in [-0.05, 0) is 11.1 Å². The van der Waals surface area contributed by atoms with Gasteiger partial charge < -0.3 is 31.1 Å². The lowest BCUT2D eigenvalue weighted by Gasteiger charge is -2.20. The maximum absolute atomic E-state index is 12.4. The molecule has 2 atom stereocenters. The minimum Gasteiger partial charge on any atom is -0.481 e. The van der Waals surface area contributed by atoms with Gasteiger partial charge in [0.2, 0.25) is 17.7 Å². The summed E-state index contributed by atoms with van der Waals surface area (Å²) in [5.74, 6) is -5.21. The van der Waals surface area contributed by atoms with Crippen molar-refractivity contribution in [3.05, 3.63) is 66.4 Å². The van der Waals surface area contributed by atoms with Gasteiger partial charge in [-0.3, -0.25) is 24.0 Å². The number of aryl methyl sites for hydroxylation is 1. The molecule has 1 heterocycles. The van der Waals surface area contributed by atoms with E-state index in [1.807, 2.05) is 54.6 Å². The van der Waals surface area contributed by atoms with Crippen LogP contribution in [0.2, 0.25) is 0 Å². The number of benzene rings is 2. The standard InChI is InChI=1S/C26H26N4O8/c27-25(36)20(13-23(32)33)29-26(37)21(14-24(34)35)28-22(31)11-10-18-12-19(30-38-18)17-8-6-16(7-9-17)15-4-2-1-3-5-15/h1-9,12,20-21H,10-11,13-14H2,(H2,27,36)(H,28,31)(H,29,37)(H,32,33)(H,34,35)/t20-,21-/m0/s1. The molecule has 12 nitrogen and oxygen atoms in total. The molecular weight excluding hydrogens is 496 g/mol. The highest BCUT2D eigenvalue weighted by Gasteiger charge is 2.28. The Morgan fingerprint density at radius 2 is 1.39 bits per heavy atom. The molecular formula is C26H26N4O8. The summed E-state index contributed by atoms with van der Waals surface area (Å²) in [5, 5.41) is 26.3. The van der Waals surface area contributed by atoms with Crippen LogP contribution in [0.15, 0.2) is 65.2 Å². The highest BCUT2D eigenvalue weighted by Crippen LogP contribution is 2.25. The van der Waals surface area contributed by atoms with Crippen LogP contribution in [0.3, 0.4) is 0 Å². The number of carbonyl (C=O) groups is 5. The second-order valence-corrected chi connectivity index (χ2v) is 8.40. The summed E-state index contributed by atoms with van der Waals surface area (Å²) in [5.41, 5.74) is 8.59. The second-order valence-electron chi connectivity index (χ2n) is 8.40. The van der Waals surface area contributed by atoms with Crippen LogP contribution < -0.4 is 16.4 Å². The minimum atomic E-state index is -1.57. The Balaban J connectivity index is 1.58. The van der Waals surface area contributed by atoms with Crippen molar-refractivity contribution in [2.24, 2.45) is 5.73 Å². The van der Waals surface area contributed by atoms with Crippen LogP contribution in [0.25, 0.3) is 22.4 Å². The molecule has 3 rings (SSSR count). The number of nitrogens with two attached hydrogens (primary N) is 1. The molecule has 0 aliphatic heterocycles. The SMILES string of the molecule is NC(=O)[C@H](CC(=O)O)NC(=O)[C@H](CC(=O)O)NC(=O)CCc1cc(-c2ccc(-c3ccccc3)cc2)no1. The number of aliphatic carboxylic acids is 2. The molecule has 2 aromatic carbocycles.